The van der Waals surface area contributed by atoms with E-state index in [1.165, 1.54) is 23.5 Å². The van der Waals surface area contributed by atoms with Crippen LogP contribution in [-0.2, 0) is 19.4 Å². The van der Waals surface area contributed by atoms with Gasteiger partial charge in [0.2, 0.25) is 16.9 Å². The van der Waals surface area contributed by atoms with Gasteiger partial charge in [-0.25, -0.2) is 8.42 Å². The van der Waals surface area contributed by atoms with E-state index >= 15 is 0 Å². The molecule has 0 spiro atoms. The minimum Gasteiger partial charge on any atom is -0.312 e. The Kier molecular flexibility index (Phi) is 6.57. The van der Waals surface area contributed by atoms with Gasteiger partial charge in [-0.1, -0.05) is 35.6 Å². The van der Waals surface area contributed by atoms with Gasteiger partial charge in [0.05, 0.1) is 10.6 Å². The Labute approximate surface area is 196 Å². The first-order valence-corrected chi connectivity index (χ1v) is 13.0. The summed E-state index contributed by atoms with van der Waals surface area (Å²) >= 11 is 1.21. The molecule has 3 aromatic rings. The monoisotopic (exact) mass is 484 g/mol. The standard InChI is InChI=1S/C23H24N4O4S2/c1-15-10-16(2)12-18(11-15)27-14-17(13-21(27)29)22-25-26-23(32-22)24-20(28)8-9-33(30,31)19-6-4-3-5-7-19/h3-7,10-12,17H,8-9,13-14H2,1-2H3,(H,24,26,28). The Balaban J connectivity index is 1.36. The molecule has 2 aromatic carbocycles. The average molecular weight is 485 g/mol. The highest BCUT2D eigenvalue weighted by molar-refractivity contribution is 7.91. The molecule has 1 aliphatic heterocycles. The number of sulfone groups is 1. The summed E-state index contributed by atoms with van der Waals surface area (Å²) in [6, 6.07) is 14.1. The van der Waals surface area contributed by atoms with Gasteiger partial charge in [-0.2, -0.15) is 0 Å². The number of nitrogens with one attached hydrogen (secondary N) is 1. The Morgan fingerprint density at radius 1 is 1.12 bits per heavy atom. The molecule has 1 N–H and O–H groups in total. The highest BCUT2D eigenvalue weighted by Gasteiger charge is 2.34. The number of aromatic nitrogens is 2. The number of aryl methyl sites for hydroxylation is 2. The molecule has 1 aliphatic rings. The highest BCUT2D eigenvalue weighted by atomic mass is 32.2. The van der Waals surface area contributed by atoms with E-state index in [2.05, 4.69) is 21.6 Å². The fourth-order valence-corrected chi connectivity index (χ4v) is 5.95. The van der Waals surface area contributed by atoms with E-state index in [1.807, 2.05) is 26.0 Å². The Morgan fingerprint density at radius 2 is 1.82 bits per heavy atom. The third-order valence-electron chi connectivity index (χ3n) is 5.38. The third kappa shape index (κ3) is 5.45. The van der Waals surface area contributed by atoms with E-state index in [4.69, 9.17) is 0 Å². The summed E-state index contributed by atoms with van der Waals surface area (Å²) in [5.41, 5.74) is 3.06. The van der Waals surface area contributed by atoms with Crippen LogP contribution in [0.5, 0.6) is 0 Å². The summed E-state index contributed by atoms with van der Waals surface area (Å²) in [6.45, 7) is 4.50. The molecule has 0 saturated carbocycles. The van der Waals surface area contributed by atoms with Crippen LogP contribution in [0.15, 0.2) is 53.4 Å². The van der Waals surface area contributed by atoms with Gasteiger partial charge in [0.25, 0.3) is 0 Å². The molecule has 10 heteroatoms. The van der Waals surface area contributed by atoms with Crippen LogP contribution in [0.3, 0.4) is 0 Å². The zero-order valence-electron chi connectivity index (χ0n) is 18.3. The summed E-state index contributed by atoms with van der Waals surface area (Å²) in [7, 11) is -3.54. The van der Waals surface area contributed by atoms with Gasteiger partial charge < -0.3 is 10.2 Å². The zero-order chi connectivity index (χ0) is 23.6. The first kappa shape index (κ1) is 23.1. The van der Waals surface area contributed by atoms with E-state index < -0.39 is 15.7 Å². The molecule has 2 amide bonds. The number of anilines is 2. The first-order chi connectivity index (χ1) is 15.7. The van der Waals surface area contributed by atoms with Crippen molar-refractivity contribution >= 4 is 43.8 Å². The van der Waals surface area contributed by atoms with E-state index in [1.54, 1.807) is 23.1 Å². The van der Waals surface area contributed by atoms with Crippen molar-refractivity contribution in [1.29, 1.82) is 0 Å². The van der Waals surface area contributed by atoms with Crippen molar-refractivity contribution in [1.82, 2.24) is 10.2 Å². The predicted molar refractivity (Wildman–Crippen MR) is 127 cm³/mol. The second-order valence-corrected chi connectivity index (χ2v) is 11.2. The van der Waals surface area contributed by atoms with E-state index in [-0.39, 0.29) is 28.9 Å². The number of benzene rings is 2. The van der Waals surface area contributed by atoms with Crippen LogP contribution >= 0.6 is 11.3 Å². The number of hydrogen-bond acceptors (Lipinski definition) is 7. The molecule has 33 heavy (non-hydrogen) atoms. The lowest BCUT2D eigenvalue weighted by atomic mass is 10.1. The number of carbonyl (C=O) groups is 2. The Hall–Kier alpha value is -3.11. The molecule has 1 fully saturated rings. The average Bonchev–Trinajstić information content (AvgIpc) is 3.39. The number of nitrogens with zero attached hydrogens (tertiary/aromatic N) is 3. The largest absolute Gasteiger partial charge is 0.312 e. The fraction of sp³-hybridized carbons (Fsp3) is 0.304. The molecule has 1 unspecified atom stereocenters. The molecule has 172 valence electrons. The van der Waals surface area contributed by atoms with Crippen LogP contribution < -0.4 is 10.2 Å². The highest BCUT2D eigenvalue weighted by Crippen LogP contribution is 2.34. The molecule has 0 radical (unpaired) electrons. The fourth-order valence-electron chi connectivity index (χ4n) is 3.83. The van der Waals surface area contributed by atoms with Gasteiger partial charge in [-0.3, -0.25) is 9.59 Å². The van der Waals surface area contributed by atoms with Crippen LogP contribution in [0.25, 0.3) is 0 Å². The first-order valence-electron chi connectivity index (χ1n) is 10.5. The summed E-state index contributed by atoms with van der Waals surface area (Å²) < 4.78 is 24.7. The number of rotatable bonds is 7. The van der Waals surface area contributed by atoms with Gasteiger partial charge in [0, 0.05) is 31.0 Å². The van der Waals surface area contributed by atoms with Gasteiger partial charge in [0.1, 0.15) is 5.01 Å². The van der Waals surface area contributed by atoms with Crippen LogP contribution in [-0.4, -0.2) is 42.7 Å². The lowest BCUT2D eigenvalue weighted by Gasteiger charge is -2.17. The van der Waals surface area contributed by atoms with Crippen LogP contribution in [0.4, 0.5) is 10.8 Å². The molecular formula is C23H24N4O4S2. The number of carbonyl (C=O) groups excluding carboxylic acids is 2. The van der Waals surface area contributed by atoms with Crippen molar-refractivity contribution in [3.8, 4) is 0 Å². The Bertz CT molecular complexity index is 1270. The third-order valence-corrected chi connectivity index (χ3v) is 8.11. The zero-order valence-corrected chi connectivity index (χ0v) is 19.9. The second-order valence-electron chi connectivity index (χ2n) is 8.13. The van der Waals surface area contributed by atoms with Crippen LogP contribution in [0.2, 0.25) is 0 Å². The summed E-state index contributed by atoms with van der Waals surface area (Å²) in [5.74, 6) is -0.829. The molecule has 1 atom stereocenters. The van der Waals surface area contributed by atoms with Crippen LogP contribution in [0, 0.1) is 13.8 Å². The lowest BCUT2D eigenvalue weighted by molar-refractivity contribution is -0.117. The van der Waals surface area contributed by atoms with Crippen molar-refractivity contribution in [3.63, 3.8) is 0 Å². The summed E-state index contributed by atoms with van der Waals surface area (Å²) in [4.78, 5) is 26.8. The van der Waals surface area contributed by atoms with Gasteiger partial charge >= 0.3 is 0 Å². The smallest absolute Gasteiger partial charge is 0.227 e. The maximum Gasteiger partial charge on any atom is 0.227 e. The van der Waals surface area contributed by atoms with Crippen molar-refractivity contribution in [2.24, 2.45) is 0 Å². The van der Waals surface area contributed by atoms with E-state index in [0.717, 1.165) is 16.8 Å². The number of hydrogen-bond donors (Lipinski definition) is 1. The minimum absolute atomic E-state index is 0.0249. The van der Waals surface area contributed by atoms with Gasteiger partial charge in [-0.05, 0) is 49.2 Å². The summed E-state index contributed by atoms with van der Waals surface area (Å²) in [5, 5.41) is 11.8. The SMILES string of the molecule is Cc1cc(C)cc(N2CC(c3nnc(NC(=O)CCS(=O)(=O)c4ccccc4)s3)CC2=O)c1. The normalized spacial score (nSPS) is 16.2. The quantitative estimate of drug-likeness (QED) is 0.550. The van der Waals surface area contributed by atoms with Crippen molar-refractivity contribution in [2.75, 3.05) is 22.5 Å². The molecule has 1 saturated heterocycles. The van der Waals surface area contributed by atoms with E-state index in [9.17, 15) is 18.0 Å². The summed E-state index contributed by atoms with van der Waals surface area (Å²) in [6.07, 6.45) is 0.138. The van der Waals surface area contributed by atoms with Gasteiger partial charge in [-0.15, -0.1) is 10.2 Å². The molecular weight excluding hydrogens is 460 g/mol. The maximum absolute atomic E-state index is 12.6. The lowest BCUT2D eigenvalue weighted by Crippen LogP contribution is -2.24. The molecule has 1 aromatic heterocycles. The predicted octanol–water partition coefficient (Wildman–Crippen LogP) is 3.48. The van der Waals surface area contributed by atoms with E-state index in [0.29, 0.717) is 23.1 Å². The van der Waals surface area contributed by atoms with Gasteiger partial charge in [0.15, 0.2) is 9.84 Å². The van der Waals surface area contributed by atoms with Crippen molar-refractivity contribution < 1.29 is 18.0 Å². The molecule has 0 bridgehead atoms. The molecule has 4 rings (SSSR count). The Morgan fingerprint density at radius 3 is 2.52 bits per heavy atom. The molecule has 2 heterocycles. The molecule has 0 aliphatic carbocycles. The minimum atomic E-state index is -3.54. The topological polar surface area (TPSA) is 109 Å². The van der Waals surface area contributed by atoms with Crippen LogP contribution in [0.1, 0.15) is 34.9 Å². The molecule has 8 nitrogen and oxygen atoms in total. The maximum atomic E-state index is 12.6. The van der Waals surface area contributed by atoms with Crippen molar-refractivity contribution in [2.45, 2.75) is 37.5 Å². The second kappa shape index (κ2) is 9.40. The van der Waals surface area contributed by atoms with Crippen molar-refractivity contribution in [3.05, 3.63) is 64.7 Å². The number of amides is 2.